The number of carbonyl (C=O) groups is 1. The number of halogens is 2. The lowest BCUT2D eigenvalue weighted by Gasteiger charge is -2.01. The minimum absolute atomic E-state index is 0.0269. The van der Waals surface area contributed by atoms with E-state index in [1.807, 2.05) is 12.2 Å². The van der Waals surface area contributed by atoms with E-state index in [0.717, 1.165) is 17.7 Å². The Labute approximate surface area is 115 Å². The Morgan fingerprint density at radius 3 is 2.76 bits per heavy atom. The van der Waals surface area contributed by atoms with E-state index in [2.05, 4.69) is 0 Å². The van der Waals surface area contributed by atoms with Crippen LogP contribution in [-0.4, -0.2) is 16.0 Å². The van der Waals surface area contributed by atoms with Gasteiger partial charge in [-0.2, -0.15) is 0 Å². The first-order chi connectivity index (χ1) is 8.00. The Bertz CT molecular complexity index is 444. The third-order valence-corrected chi connectivity index (χ3v) is 3.43. The zero-order chi connectivity index (χ0) is 12.8. The van der Waals surface area contributed by atoms with Gasteiger partial charge in [-0.15, -0.1) is 0 Å². The van der Waals surface area contributed by atoms with Crippen LogP contribution in [0.3, 0.4) is 0 Å². The Morgan fingerprint density at radius 2 is 2.12 bits per heavy atom. The van der Waals surface area contributed by atoms with Crippen LogP contribution in [0.15, 0.2) is 18.2 Å². The highest BCUT2D eigenvalue weighted by Crippen LogP contribution is 2.30. The molecule has 0 spiro atoms. The standard InChI is InChI=1S/C12H12Cl2O2S/c1-8(15)17-5-3-2-4-9-6-11(14)12(16)7-10(9)13/h2,4,6-7,16H,3,5H2,1H3. The van der Waals surface area contributed by atoms with Gasteiger partial charge in [-0.3, -0.25) is 4.79 Å². The molecular weight excluding hydrogens is 279 g/mol. The van der Waals surface area contributed by atoms with Gasteiger partial charge in [-0.25, -0.2) is 0 Å². The summed E-state index contributed by atoms with van der Waals surface area (Å²) in [6.45, 7) is 1.55. The smallest absolute Gasteiger partial charge is 0.185 e. The molecule has 5 heteroatoms. The topological polar surface area (TPSA) is 37.3 Å². The minimum atomic E-state index is -0.0269. The van der Waals surface area contributed by atoms with Crippen LogP contribution in [0.2, 0.25) is 10.0 Å². The number of rotatable bonds is 4. The molecule has 0 atom stereocenters. The van der Waals surface area contributed by atoms with Gasteiger partial charge in [-0.1, -0.05) is 47.1 Å². The van der Waals surface area contributed by atoms with Crippen LogP contribution in [0.5, 0.6) is 5.75 Å². The second-order valence-corrected chi connectivity index (χ2v) is 5.44. The summed E-state index contributed by atoms with van der Waals surface area (Å²) in [5.74, 6) is 0.718. The van der Waals surface area contributed by atoms with Crippen molar-refractivity contribution in [1.82, 2.24) is 0 Å². The van der Waals surface area contributed by atoms with Crippen molar-refractivity contribution in [2.75, 3.05) is 5.75 Å². The molecule has 0 amide bonds. The van der Waals surface area contributed by atoms with Crippen LogP contribution in [0.4, 0.5) is 0 Å². The van der Waals surface area contributed by atoms with Gasteiger partial charge in [0.1, 0.15) is 5.75 Å². The van der Waals surface area contributed by atoms with E-state index in [1.54, 1.807) is 13.0 Å². The summed E-state index contributed by atoms with van der Waals surface area (Å²) in [4.78, 5) is 10.7. The van der Waals surface area contributed by atoms with Crippen molar-refractivity contribution in [1.29, 1.82) is 0 Å². The third kappa shape index (κ3) is 5.02. The summed E-state index contributed by atoms with van der Waals surface area (Å²) in [5, 5.41) is 10.1. The molecule has 92 valence electrons. The molecule has 0 aliphatic heterocycles. The number of thioether (sulfide) groups is 1. The van der Waals surface area contributed by atoms with E-state index in [1.165, 1.54) is 17.8 Å². The minimum Gasteiger partial charge on any atom is -0.506 e. The van der Waals surface area contributed by atoms with E-state index in [-0.39, 0.29) is 15.9 Å². The molecule has 0 aromatic heterocycles. The average Bonchev–Trinajstić information content (AvgIpc) is 2.24. The summed E-state index contributed by atoms with van der Waals surface area (Å²) >= 11 is 13.0. The normalized spacial score (nSPS) is 11.0. The molecule has 0 aliphatic carbocycles. The zero-order valence-electron chi connectivity index (χ0n) is 9.24. The van der Waals surface area contributed by atoms with E-state index in [9.17, 15) is 9.90 Å². The number of phenolic OH excluding ortho intramolecular Hbond substituents is 1. The molecule has 0 radical (unpaired) electrons. The summed E-state index contributed by atoms with van der Waals surface area (Å²) < 4.78 is 0. The molecule has 1 aromatic carbocycles. The lowest BCUT2D eigenvalue weighted by molar-refractivity contribution is -0.109. The van der Waals surface area contributed by atoms with Crippen molar-refractivity contribution in [3.63, 3.8) is 0 Å². The van der Waals surface area contributed by atoms with Gasteiger partial charge in [0.05, 0.1) is 10.0 Å². The van der Waals surface area contributed by atoms with Crippen LogP contribution < -0.4 is 0 Å². The molecule has 1 N–H and O–H groups in total. The second kappa shape index (κ2) is 6.94. The molecule has 0 aliphatic rings. The maximum atomic E-state index is 10.7. The highest BCUT2D eigenvalue weighted by molar-refractivity contribution is 8.13. The molecule has 1 aromatic rings. The van der Waals surface area contributed by atoms with Gasteiger partial charge in [0.15, 0.2) is 5.12 Å². The van der Waals surface area contributed by atoms with E-state index < -0.39 is 0 Å². The summed E-state index contributed by atoms with van der Waals surface area (Å²) in [7, 11) is 0. The molecule has 0 bridgehead atoms. The van der Waals surface area contributed by atoms with Crippen molar-refractivity contribution in [3.8, 4) is 5.75 Å². The van der Waals surface area contributed by atoms with Gasteiger partial charge >= 0.3 is 0 Å². The summed E-state index contributed by atoms with van der Waals surface area (Å²) in [6, 6.07) is 3.02. The lowest BCUT2D eigenvalue weighted by atomic mass is 10.2. The Morgan fingerprint density at radius 1 is 1.41 bits per heavy atom. The molecule has 2 nitrogen and oxygen atoms in total. The third-order valence-electron chi connectivity index (χ3n) is 1.95. The van der Waals surface area contributed by atoms with Crippen molar-refractivity contribution in [2.45, 2.75) is 13.3 Å². The number of hydrogen-bond acceptors (Lipinski definition) is 3. The zero-order valence-corrected chi connectivity index (χ0v) is 11.6. The lowest BCUT2D eigenvalue weighted by Crippen LogP contribution is -1.84. The number of allylic oxidation sites excluding steroid dienone is 1. The predicted octanol–water partition coefficient (Wildman–Crippen LogP) is 4.38. The van der Waals surface area contributed by atoms with E-state index >= 15 is 0 Å². The molecule has 1 rings (SSSR count). The number of carbonyl (C=O) groups excluding carboxylic acids is 1. The second-order valence-electron chi connectivity index (χ2n) is 3.36. The Kier molecular flexibility index (Phi) is 5.89. The number of hydrogen-bond donors (Lipinski definition) is 1. The summed E-state index contributed by atoms with van der Waals surface area (Å²) in [5.41, 5.74) is 0.752. The molecule has 0 fully saturated rings. The Hall–Kier alpha value is -0.640. The van der Waals surface area contributed by atoms with Gasteiger partial charge in [0.25, 0.3) is 0 Å². The van der Waals surface area contributed by atoms with Gasteiger partial charge < -0.3 is 5.11 Å². The molecule has 0 heterocycles. The van der Waals surface area contributed by atoms with Crippen molar-refractivity contribution in [3.05, 3.63) is 33.8 Å². The summed E-state index contributed by atoms with van der Waals surface area (Å²) in [6.07, 6.45) is 4.53. The van der Waals surface area contributed by atoms with Gasteiger partial charge in [0.2, 0.25) is 0 Å². The van der Waals surface area contributed by atoms with Crippen LogP contribution in [0.1, 0.15) is 18.9 Å². The fraction of sp³-hybridized carbons (Fsp3) is 0.250. The monoisotopic (exact) mass is 290 g/mol. The van der Waals surface area contributed by atoms with E-state index in [0.29, 0.717) is 5.02 Å². The van der Waals surface area contributed by atoms with Crippen LogP contribution in [0, 0.1) is 0 Å². The van der Waals surface area contributed by atoms with Crippen LogP contribution >= 0.6 is 35.0 Å². The van der Waals surface area contributed by atoms with Crippen LogP contribution in [0.25, 0.3) is 6.08 Å². The maximum absolute atomic E-state index is 10.7. The SMILES string of the molecule is CC(=O)SCCC=Cc1cc(Cl)c(O)cc1Cl. The Balaban J connectivity index is 2.59. The first kappa shape index (κ1) is 14.4. The quantitative estimate of drug-likeness (QED) is 0.836. The average molecular weight is 291 g/mol. The molecule has 0 saturated carbocycles. The molecule has 17 heavy (non-hydrogen) atoms. The first-order valence-electron chi connectivity index (χ1n) is 4.98. The highest BCUT2D eigenvalue weighted by atomic mass is 35.5. The van der Waals surface area contributed by atoms with Crippen molar-refractivity contribution < 1.29 is 9.90 Å². The van der Waals surface area contributed by atoms with Crippen molar-refractivity contribution in [2.24, 2.45) is 0 Å². The van der Waals surface area contributed by atoms with Gasteiger partial charge in [0, 0.05) is 18.7 Å². The predicted molar refractivity (Wildman–Crippen MR) is 74.9 cm³/mol. The van der Waals surface area contributed by atoms with Gasteiger partial charge in [-0.05, 0) is 18.1 Å². The highest BCUT2D eigenvalue weighted by Gasteiger charge is 2.03. The largest absolute Gasteiger partial charge is 0.506 e. The maximum Gasteiger partial charge on any atom is 0.185 e. The molecular formula is C12H12Cl2O2S. The molecule has 0 saturated heterocycles. The fourth-order valence-electron chi connectivity index (χ4n) is 1.16. The number of aromatic hydroxyl groups is 1. The number of benzene rings is 1. The first-order valence-corrected chi connectivity index (χ1v) is 6.72. The fourth-order valence-corrected chi connectivity index (χ4v) is 2.09. The number of phenols is 1. The van der Waals surface area contributed by atoms with Crippen LogP contribution in [-0.2, 0) is 4.79 Å². The van der Waals surface area contributed by atoms with Crippen molar-refractivity contribution >= 4 is 46.2 Å². The molecule has 0 unspecified atom stereocenters. The van der Waals surface area contributed by atoms with E-state index in [4.69, 9.17) is 23.2 Å².